The van der Waals surface area contributed by atoms with Crippen molar-refractivity contribution in [2.45, 2.75) is 6.18 Å². The normalized spacial score (nSPS) is 11.6. The highest BCUT2D eigenvalue weighted by Crippen LogP contribution is 2.34. The van der Waals surface area contributed by atoms with Crippen LogP contribution in [0.3, 0.4) is 0 Å². The summed E-state index contributed by atoms with van der Waals surface area (Å²) in [6.07, 6.45) is -2.67. The van der Waals surface area contributed by atoms with Crippen molar-refractivity contribution in [2.24, 2.45) is 7.05 Å². The molecular weight excluding hydrogens is 379 g/mol. The van der Waals surface area contributed by atoms with Gasteiger partial charge in [0.15, 0.2) is 0 Å². The van der Waals surface area contributed by atoms with Crippen LogP contribution in [0.5, 0.6) is 5.75 Å². The number of alkyl halides is 3. The maximum atomic E-state index is 13.1. The highest BCUT2D eigenvalue weighted by molar-refractivity contribution is 5.88. The van der Waals surface area contributed by atoms with E-state index in [1.807, 2.05) is 48.0 Å². The Bertz CT molecular complexity index is 1160. The third-order valence-corrected chi connectivity index (χ3v) is 4.77. The molecule has 4 rings (SSSR count). The second kappa shape index (κ2) is 7.16. The van der Waals surface area contributed by atoms with Gasteiger partial charge in [-0.05, 0) is 48.0 Å². The van der Waals surface area contributed by atoms with Crippen molar-refractivity contribution >= 4 is 22.4 Å². The highest BCUT2D eigenvalue weighted by atomic mass is 19.4. The monoisotopic (exact) mass is 397 g/mol. The van der Waals surface area contributed by atoms with Gasteiger partial charge >= 0.3 is 6.18 Å². The number of methoxy groups -OCH3 is 1. The standard InChI is InChI=1S/C22H18F3N3O/c1-28-19(14-4-3-5-16(10-14)22(23,24)25)11-15-13-26-21(12-20(15)28)27-17-6-8-18(29-2)9-7-17/h3-13H,1-2H3,(H,26,27). The van der Waals surface area contributed by atoms with Gasteiger partial charge in [0, 0.05) is 36.1 Å². The molecule has 0 fully saturated rings. The number of fused-ring (bicyclic) bond motifs is 1. The molecule has 0 saturated carbocycles. The molecule has 4 aromatic rings. The van der Waals surface area contributed by atoms with Crippen molar-refractivity contribution < 1.29 is 17.9 Å². The van der Waals surface area contributed by atoms with E-state index in [9.17, 15) is 13.2 Å². The van der Waals surface area contributed by atoms with Crippen molar-refractivity contribution in [1.82, 2.24) is 9.55 Å². The van der Waals surface area contributed by atoms with Crippen LogP contribution in [0.15, 0.2) is 66.9 Å². The summed E-state index contributed by atoms with van der Waals surface area (Å²) in [5, 5.41) is 4.07. The summed E-state index contributed by atoms with van der Waals surface area (Å²) in [4.78, 5) is 4.41. The van der Waals surface area contributed by atoms with Gasteiger partial charge in [0.2, 0.25) is 0 Å². The van der Waals surface area contributed by atoms with Gasteiger partial charge in [-0.3, -0.25) is 0 Å². The number of halogens is 3. The van der Waals surface area contributed by atoms with Gasteiger partial charge in [0.05, 0.1) is 18.2 Å². The maximum Gasteiger partial charge on any atom is 0.416 e. The second-order valence-electron chi connectivity index (χ2n) is 6.65. The molecule has 4 nitrogen and oxygen atoms in total. The first-order valence-electron chi connectivity index (χ1n) is 8.89. The van der Waals surface area contributed by atoms with Crippen LogP contribution < -0.4 is 10.1 Å². The molecule has 2 heterocycles. The molecule has 0 aliphatic carbocycles. The number of aryl methyl sites for hydroxylation is 1. The molecule has 2 aromatic heterocycles. The summed E-state index contributed by atoms with van der Waals surface area (Å²) in [5.74, 6) is 1.39. The van der Waals surface area contributed by atoms with Crippen molar-refractivity contribution in [3.05, 3.63) is 72.4 Å². The van der Waals surface area contributed by atoms with Crippen LogP contribution >= 0.6 is 0 Å². The molecule has 0 unspecified atom stereocenters. The topological polar surface area (TPSA) is 39.1 Å². The number of hydrogen-bond donors (Lipinski definition) is 1. The third kappa shape index (κ3) is 3.76. The van der Waals surface area contributed by atoms with Gasteiger partial charge in [-0.25, -0.2) is 4.98 Å². The summed E-state index contributed by atoms with van der Waals surface area (Å²) < 4.78 is 46.2. The lowest BCUT2D eigenvalue weighted by Gasteiger charge is -2.10. The number of nitrogens with zero attached hydrogens (tertiary/aromatic N) is 2. The summed E-state index contributed by atoms with van der Waals surface area (Å²) in [5.41, 5.74) is 2.24. The van der Waals surface area contributed by atoms with Gasteiger partial charge in [-0.2, -0.15) is 13.2 Å². The number of rotatable bonds is 4. The number of hydrogen-bond acceptors (Lipinski definition) is 3. The van der Waals surface area contributed by atoms with Crippen LogP contribution in [0, 0.1) is 0 Å². The molecule has 0 aliphatic rings. The van der Waals surface area contributed by atoms with Crippen molar-refractivity contribution in [2.75, 3.05) is 12.4 Å². The predicted octanol–water partition coefficient (Wildman–Crippen LogP) is 6.01. The van der Waals surface area contributed by atoms with Crippen molar-refractivity contribution in [3.8, 4) is 17.0 Å². The fourth-order valence-electron chi connectivity index (χ4n) is 3.25. The first kappa shape index (κ1) is 18.9. The van der Waals surface area contributed by atoms with E-state index >= 15 is 0 Å². The Kier molecular flexibility index (Phi) is 4.66. The Morgan fingerprint density at radius 3 is 2.45 bits per heavy atom. The lowest BCUT2D eigenvalue weighted by molar-refractivity contribution is -0.137. The first-order chi connectivity index (χ1) is 13.8. The zero-order valence-electron chi connectivity index (χ0n) is 15.8. The average molecular weight is 397 g/mol. The molecule has 0 saturated heterocycles. The number of ether oxygens (including phenoxy) is 1. The number of benzene rings is 2. The Hall–Kier alpha value is -3.48. The third-order valence-electron chi connectivity index (χ3n) is 4.77. The van der Waals surface area contributed by atoms with E-state index in [0.29, 0.717) is 17.1 Å². The fourth-order valence-corrected chi connectivity index (χ4v) is 3.25. The average Bonchev–Trinajstić information content (AvgIpc) is 3.04. The minimum Gasteiger partial charge on any atom is -0.497 e. The summed E-state index contributed by atoms with van der Waals surface area (Å²) in [6, 6.07) is 16.5. The summed E-state index contributed by atoms with van der Waals surface area (Å²) in [6.45, 7) is 0. The van der Waals surface area contributed by atoms with E-state index in [-0.39, 0.29) is 0 Å². The van der Waals surface area contributed by atoms with Crippen LogP contribution in [-0.2, 0) is 13.2 Å². The number of anilines is 2. The maximum absolute atomic E-state index is 13.1. The molecule has 0 bridgehead atoms. The van der Waals surface area contributed by atoms with E-state index < -0.39 is 11.7 Å². The zero-order chi connectivity index (χ0) is 20.6. The van der Waals surface area contributed by atoms with Crippen molar-refractivity contribution in [1.29, 1.82) is 0 Å². The lowest BCUT2D eigenvalue weighted by atomic mass is 10.1. The fraction of sp³-hybridized carbons (Fsp3) is 0.136. The number of pyridine rings is 1. The van der Waals surface area contributed by atoms with Gasteiger partial charge in [0.1, 0.15) is 11.6 Å². The predicted molar refractivity (Wildman–Crippen MR) is 107 cm³/mol. The van der Waals surface area contributed by atoms with E-state index in [4.69, 9.17) is 4.74 Å². The molecule has 29 heavy (non-hydrogen) atoms. The van der Waals surface area contributed by atoms with Gasteiger partial charge in [0.25, 0.3) is 0 Å². The Balaban J connectivity index is 1.69. The van der Waals surface area contributed by atoms with E-state index in [0.717, 1.165) is 34.5 Å². The van der Waals surface area contributed by atoms with Gasteiger partial charge < -0.3 is 14.6 Å². The SMILES string of the molecule is COc1ccc(Nc2cc3c(cn2)cc(-c2cccc(C(F)(F)F)c2)n3C)cc1. The Morgan fingerprint density at radius 2 is 1.76 bits per heavy atom. The van der Waals surface area contributed by atoms with Crippen LogP contribution in [-0.4, -0.2) is 16.7 Å². The second-order valence-corrected chi connectivity index (χ2v) is 6.65. The molecule has 0 radical (unpaired) electrons. The largest absolute Gasteiger partial charge is 0.497 e. The molecule has 0 amide bonds. The molecule has 0 spiro atoms. The van der Waals surface area contributed by atoms with E-state index in [1.165, 1.54) is 6.07 Å². The van der Waals surface area contributed by atoms with E-state index in [2.05, 4.69) is 10.3 Å². The minimum absolute atomic E-state index is 0.503. The molecule has 0 atom stereocenters. The van der Waals surface area contributed by atoms with Gasteiger partial charge in [-0.15, -0.1) is 0 Å². The zero-order valence-corrected chi connectivity index (χ0v) is 15.8. The minimum atomic E-state index is -4.38. The highest BCUT2D eigenvalue weighted by Gasteiger charge is 2.30. The molecule has 0 aliphatic heterocycles. The molecule has 2 aromatic carbocycles. The molecular formula is C22H18F3N3O. The van der Waals surface area contributed by atoms with Crippen LogP contribution in [0.25, 0.3) is 22.2 Å². The summed E-state index contributed by atoms with van der Waals surface area (Å²) >= 11 is 0. The Morgan fingerprint density at radius 1 is 1.00 bits per heavy atom. The quantitative estimate of drug-likeness (QED) is 0.458. The molecule has 148 valence electrons. The van der Waals surface area contributed by atoms with Gasteiger partial charge in [-0.1, -0.05) is 12.1 Å². The lowest BCUT2D eigenvalue weighted by Crippen LogP contribution is -2.04. The Labute approximate surface area is 165 Å². The van der Waals surface area contributed by atoms with Crippen molar-refractivity contribution in [3.63, 3.8) is 0 Å². The van der Waals surface area contributed by atoms with Crippen LogP contribution in [0.1, 0.15) is 5.56 Å². The number of nitrogens with one attached hydrogen (secondary N) is 1. The van der Waals surface area contributed by atoms with Crippen LogP contribution in [0.2, 0.25) is 0 Å². The van der Waals surface area contributed by atoms with E-state index in [1.54, 1.807) is 19.4 Å². The summed E-state index contributed by atoms with van der Waals surface area (Å²) in [7, 11) is 3.43. The molecule has 7 heteroatoms. The molecule has 1 N–H and O–H groups in total. The number of aromatic nitrogens is 2. The first-order valence-corrected chi connectivity index (χ1v) is 8.89. The smallest absolute Gasteiger partial charge is 0.416 e. The van der Waals surface area contributed by atoms with Crippen LogP contribution in [0.4, 0.5) is 24.7 Å².